The molecule has 2 aliphatic heterocycles. The molecule has 2 aliphatic rings. The van der Waals surface area contributed by atoms with E-state index >= 15 is 0 Å². The number of nitrogens with two attached hydrogens (primary N) is 1. The molecule has 11 heteroatoms. The van der Waals surface area contributed by atoms with Gasteiger partial charge in [-0.25, -0.2) is 18.5 Å². The summed E-state index contributed by atoms with van der Waals surface area (Å²) in [4.78, 5) is 27.4. The summed E-state index contributed by atoms with van der Waals surface area (Å²) in [5.74, 6) is 0.976. The van der Waals surface area contributed by atoms with E-state index in [4.69, 9.17) is 15.2 Å². The summed E-state index contributed by atoms with van der Waals surface area (Å²) in [6, 6.07) is 0.404. The highest BCUT2D eigenvalue weighted by Gasteiger charge is 2.31. The molecule has 39 heavy (non-hydrogen) atoms. The van der Waals surface area contributed by atoms with Crippen LogP contribution in [0.1, 0.15) is 102 Å². The van der Waals surface area contributed by atoms with Gasteiger partial charge in [0.2, 0.25) is 0 Å². The summed E-state index contributed by atoms with van der Waals surface area (Å²) in [6.07, 6.45) is 3.36. The highest BCUT2D eigenvalue weighted by Crippen LogP contribution is 2.24. The third-order valence-electron chi connectivity index (χ3n) is 6.68. The first-order valence-corrected chi connectivity index (χ1v) is 15.2. The third-order valence-corrected chi connectivity index (χ3v) is 8.38. The topological polar surface area (TPSA) is 114 Å². The first-order valence-electron chi connectivity index (χ1n) is 14.1. The molecule has 2 amide bonds. The Morgan fingerprint density at radius 1 is 0.769 bits per heavy atom. The molecule has 0 aromatic carbocycles. The maximum Gasteiger partial charge on any atom is 0.410 e. The van der Waals surface area contributed by atoms with Gasteiger partial charge in [0, 0.05) is 38.3 Å². The minimum Gasteiger partial charge on any atom is -0.444 e. The minimum absolute atomic E-state index is 0. The lowest BCUT2D eigenvalue weighted by Gasteiger charge is -2.36. The Kier molecular flexibility index (Phi) is 15.3. The fraction of sp³-hybridized carbons (Fsp3) is 0.929. The van der Waals surface area contributed by atoms with Crippen LogP contribution in [0.15, 0.2) is 0 Å². The molecule has 2 saturated heterocycles. The first-order chi connectivity index (χ1) is 17.2. The predicted molar refractivity (Wildman–Crippen MR) is 162 cm³/mol. The van der Waals surface area contributed by atoms with Crippen LogP contribution in [-0.2, 0) is 20.5 Å². The van der Waals surface area contributed by atoms with E-state index in [2.05, 4.69) is 11.6 Å². The monoisotopic (exact) mass is 596 g/mol. The van der Waals surface area contributed by atoms with E-state index in [0.717, 1.165) is 38.8 Å². The Hall–Kier alpha value is -1.10. The summed E-state index contributed by atoms with van der Waals surface area (Å²) >= 11 is 0. The van der Waals surface area contributed by atoms with Crippen LogP contribution in [0.25, 0.3) is 0 Å². The summed E-state index contributed by atoms with van der Waals surface area (Å²) in [5.41, 5.74) is 5.00. The van der Waals surface area contributed by atoms with Crippen molar-refractivity contribution >= 4 is 35.6 Å². The maximum absolute atomic E-state index is 12.2. The number of ether oxygens (including phenoxy) is 2. The van der Waals surface area contributed by atoms with E-state index in [1.807, 2.05) is 69.2 Å². The van der Waals surface area contributed by atoms with Crippen molar-refractivity contribution in [3.05, 3.63) is 0 Å². The zero-order valence-corrected chi connectivity index (χ0v) is 27.9. The molecule has 0 spiro atoms. The Bertz CT molecular complexity index is 776. The number of nitrogens with zero attached hydrogens (tertiary/aromatic N) is 2. The number of rotatable bonds is 4. The van der Waals surface area contributed by atoms with Gasteiger partial charge in [0.25, 0.3) is 0 Å². The number of likely N-dealkylation sites (tertiary alicyclic amines) is 2. The SMILES string of the molecule is CC(N)C1CCN(C(=O)OC(C)(C)C)CC1.CC(N[S@@](=O)C(C)(C)C)C1CCN(C(=O)OC(C)(C)C)CC1.Cl. The van der Waals surface area contributed by atoms with Crippen molar-refractivity contribution in [2.24, 2.45) is 17.6 Å². The van der Waals surface area contributed by atoms with Gasteiger partial charge < -0.3 is 25.0 Å². The molecular weight excluding hydrogens is 540 g/mol. The predicted octanol–water partition coefficient (Wildman–Crippen LogP) is 5.48. The van der Waals surface area contributed by atoms with Crippen molar-refractivity contribution in [3.63, 3.8) is 0 Å². The summed E-state index contributed by atoms with van der Waals surface area (Å²) in [5, 5.41) is 0. The number of amides is 2. The number of hydrogen-bond acceptors (Lipinski definition) is 6. The molecule has 3 N–H and O–H groups in total. The van der Waals surface area contributed by atoms with E-state index in [9.17, 15) is 13.8 Å². The fourth-order valence-electron chi connectivity index (χ4n) is 4.28. The second-order valence-corrected chi connectivity index (χ2v) is 15.8. The van der Waals surface area contributed by atoms with Crippen LogP contribution in [0.4, 0.5) is 9.59 Å². The number of piperidine rings is 2. The maximum atomic E-state index is 12.2. The van der Waals surface area contributed by atoms with Crippen molar-refractivity contribution < 1.29 is 23.3 Å². The zero-order valence-electron chi connectivity index (χ0n) is 26.3. The van der Waals surface area contributed by atoms with Crippen molar-refractivity contribution in [1.29, 1.82) is 0 Å². The zero-order chi connectivity index (χ0) is 29.5. The Morgan fingerprint density at radius 3 is 1.38 bits per heavy atom. The van der Waals surface area contributed by atoms with Crippen LogP contribution in [0.2, 0.25) is 0 Å². The largest absolute Gasteiger partial charge is 0.444 e. The van der Waals surface area contributed by atoms with Crippen LogP contribution in [0, 0.1) is 11.8 Å². The third kappa shape index (κ3) is 14.9. The molecule has 2 fully saturated rings. The average molecular weight is 597 g/mol. The molecule has 0 aromatic heterocycles. The van der Waals surface area contributed by atoms with E-state index < -0.39 is 22.2 Å². The van der Waals surface area contributed by atoms with Crippen LogP contribution in [0.5, 0.6) is 0 Å². The van der Waals surface area contributed by atoms with Crippen LogP contribution in [-0.4, -0.2) is 80.4 Å². The number of carbonyl (C=O) groups excluding carboxylic acids is 2. The molecule has 0 radical (unpaired) electrons. The van der Waals surface area contributed by atoms with E-state index in [0.29, 0.717) is 24.9 Å². The number of carbonyl (C=O) groups is 2. The smallest absolute Gasteiger partial charge is 0.410 e. The van der Waals surface area contributed by atoms with Gasteiger partial charge in [-0.3, -0.25) is 0 Å². The van der Waals surface area contributed by atoms with E-state index in [1.54, 1.807) is 9.80 Å². The van der Waals surface area contributed by atoms with Gasteiger partial charge in [0.1, 0.15) is 11.2 Å². The van der Waals surface area contributed by atoms with Crippen LogP contribution in [0.3, 0.4) is 0 Å². The molecule has 232 valence electrons. The molecule has 0 aromatic rings. The second kappa shape index (κ2) is 15.8. The standard InChI is InChI=1S/C16H32N2O3S.C12H24N2O2.ClH/c1-12(17-22(20)16(5,6)7)13-8-10-18(11-9-13)14(19)21-15(2,3)4;1-9(13)10-5-7-14(8-6-10)11(15)16-12(2,3)4;/h12-13,17H,8-11H2,1-7H3;9-10H,5-8,13H2,1-4H3;1H/t12?,22-;;/m0../s1. The fourth-order valence-corrected chi connectivity index (χ4v) is 5.17. The Labute approximate surface area is 246 Å². The first kappa shape index (κ1) is 37.9. The lowest BCUT2D eigenvalue weighted by atomic mass is 9.91. The van der Waals surface area contributed by atoms with Crippen molar-refractivity contribution in [3.8, 4) is 0 Å². The Morgan fingerprint density at radius 2 is 1.10 bits per heavy atom. The second-order valence-electron chi connectivity index (χ2n) is 13.8. The molecule has 9 nitrogen and oxygen atoms in total. The normalized spacial score (nSPS) is 20.1. The highest BCUT2D eigenvalue weighted by atomic mass is 35.5. The van der Waals surface area contributed by atoms with Crippen molar-refractivity contribution in [1.82, 2.24) is 14.5 Å². The van der Waals surface area contributed by atoms with Crippen LogP contribution >= 0.6 is 12.4 Å². The van der Waals surface area contributed by atoms with E-state index in [1.165, 1.54) is 0 Å². The van der Waals surface area contributed by atoms with Crippen LogP contribution < -0.4 is 10.5 Å². The van der Waals surface area contributed by atoms with E-state index in [-0.39, 0.29) is 41.4 Å². The van der Waals surface area contributed by atoms with Gasteiger partial charge in [0.15, 0.2) is 0 Å². The van der Waals surface area contributed by atoms with Gasteiger partial charge in [-0.1, -0.05) is 0 Å². The van der Waals surface area contributed by atoms with Gasteiger partial charge in [0.05, 0.1) is 15.7 Å². The summed E-state index contributed by atoms with van der Waals surface area (Å²) in [6.45, 7) is 24.3. The van der Waals surface area contributed by atoms with Crippen molar-refractivity contribution in [2.75, 3.05) is 26.2 Å². The molecule has 0 aliphatic carbocycles. The lowest BCUT2D eigenvalue weighted by molar-refractivity contribution is 0.0166. The molecule has 2 heterocycles. The minimum atomic E-state index is -1.06. The Balaban J connectivity index is 0.000000756. The number of nitrogens with one attached hydrogen (secondary N) is 1. The molecule has 0 bridgehead atoms. The average Bonchev–Trinajstić information content (AvgIpc) is 2.76. The molecule has 3 atom stereocenters. The summed E-state index contributed by atoms with van der Waals surface area (Å²) in [7, 11) is -1.06. The lowest BCUT2D eigenvalue weighted by Crippen LogP contribution is -2.47. The number of hydrogen-bond donors (Lipinski definition) is 2. The molecule has 2 unspecified atom stereocenters. The highest BCUT2D eigenvalue weighted by molar-refractivity contribution is 7.84. The van der Waals surface area contributed by atoms with Crippen molar-refractivity contribution in [2.45, 2.75) is 130 Å². The molecule has 2 rings (SSSR count). The van der Waals surface area contributed by atoms with Gasteiger partial charge in [-0.05, 0) is 114 Å². The van der Waals surface area contributed by atoms with Gasteiger partial charge >= 0.3 is 12.2 Å². The molecular formula is C28H57ClN4O5S. The quantitative estimate of drug-likeness (QED) is 0.444. The summed E-state index contributed by atoms with van der Waals surface area (Å²) < 4.78 is 25.8. The van der Waals surface area contributed by atoms with Gasteiger partial charge in [-0.2, -0.15) is 0 Å². The molecule has 0 saturated carbocycles. The number of halogens is 1. The van der Waals surface area contributed by atoms with Gasteiger partial charge in [-0.15, -0.1) is 12.4 Å².